The van der Waals surface area contributed by atoms with Gasteiger partial charge in [0.15, 0.2) is 0 Å². The van der Waals surface area contributed by atoms with Gasteiger partial charge >= 0.3 is 13.4 Å². The van der Waals surface area contributed by atoms with Crippen LogP contribution >= 0.6 is 19.3 Å². The molecule has 0 saturated carbocycles. The van der Waals surface area contributed by atoms with E-state index in [0.29, 0.717) is 16.3 Å². The zero-order chi connectivity index (χ0) is 27.6. The molecule has 15 heteroatoms. The fourth-order valence-electron chi connectivity index (χ4n) is 3.59. The van der Waals surface area contributed by atoms with Gasteiger partial charge in [-0.25, -0.2) is 9.36 Å². The van der Waals surface area contributed by atoms with Gasteiger partial charge in [0.2, 0.25) is 0 Å². The van der Waals surface area contributed by atoms with E-state index in [-0.39, 0.29) is 13.0 Å². The molecule has 1 aliphatic heterocycles. The van der Waals surface area contributed by atoms with Gasteiger partial charge in [-0.1, -0.05) is 37.5 Å². The molecular formula is C22H33ClN7O6P. The molecule has 1 unspecified atom stereocenters. The van der Waals surface area contributed by atoms with Gasteiger partial charge in [-0.3, -0.25) is 24.0 Å². The largest absolute Gasteiger partial charge is 0.430 e. The summed E-state index contributed by atoms with van der Waals surface area (Å²) >= 11 is 5.78. The smallest absolute Gasteiger partial charge is 0.352 e. The van der Waals surface area contributed by atoms with E-state index in [2.05, 4.69) is 45.8 Å². The molecule has 0 amide bonds. The van der Waals surface area contributed by atoms with Crippen molar-refractivity contribution in [3.05, 3.63) is 72.3 Å². The zero-order valence-electron chi connectivity index (χ0n) is 21.2. The van der Waals surface area contributed by atoms with Crippen LogP contribution in [-0.4, -0.2) is 57.7 Å². The van der Waals surface area contributed by atoms with Gasteiger partial charge in [0.1, 0.15) is 6.23 Å². The van der Waals surface area contributed by atoms with Crippen LogP contribution in [0.3, 0.4) is 0 Å². The Kier molecular flexibility index (Phi) is 11.9. The second-order valence-corrected chi connectivity index (χ2v) is 10.1. The van der Waals surface area contributed by atoms with Crippen LogP contribution in [-0.2, 0) is 13.8 Å². The second-order valence-electron chi connectivity index (χ2n) is 8.17. The summed E-state index contributed by atoms with van der Waals surface area (Å²) in [5, 5.41) is 6.45. The van der Waals surface area contributed by atoms with Crippen molar-refractivity contribution in [3.63, 3.8) is 0 Å². The number of aromatic amines is 1. The molecule has 0 bridgehead atoms. The number of benzene rings is 1. The quantitative estimate of drug-likeness (QED) is 0.170. The number of hydrogen-bond acceptors (Lipinski definition) is 7. The molecule has 2 aromatic rings. The minimum Gasteiger partial charge on any atom is -0.352 e. The number of nitrogens with zero attached hydrogens (tertiary/aromatic N) is 5. The number of nitrogens with one attached hydrogen (secondary N) is 2. The number of ether oxygens (including phenoxy) is 1. The maximum absolute atomic E-state index is 12.3. The van der Waals surface area contributed by atoms with Gasteiger partial charge in [-0.05, 0) is 56.4 Å². The molecule has 3 rings (SSSR count). The van der Waals surface area contributed by atoms with Gasteiger partial charge in [-0.2, -0.15) is 0 Å². The summed E-state index contributed by atoms with van der Waals surface area (Å²) in [5.74, 6) is 0. The Labute approximate surface area is 219 Å². The first-order valence-electron chi connectivity index (χ1n) is 11.8. The third-order valence-corrected chi connectivity index (χ3v) is 7.02. The molecule has 3 N–H and O–H groups in total. The number of halogens is 1. The Morgan fingerprint density at radius 3 is 2.46 bits per heavy atom. The summed E-state index contributed by atoms with van der Waals surface area (Å²) in [6.07, 6.45) is -0.289. The van der Waals surface area contributed by atoms with Crippen molar-refractivity contribution in [2.75, 3.05) is 31.3 Å². The van der Waals surface area contributed by atoms with Crippen molar-refractivity contribution in [2.24, 2.45) is 5.11 Å². The number of aryl methyl sites for hydroxylation is 1. The van der Waals surface area contributed by atoms with Crippen LogP contribution in [0.4, 0.5) is 5.69 Å². The summed E-state index contributed by atoms with van der Waals surface area (Å²) < 4.78 is 24.3. The summed E-state index contributed by atoms with van der Waals surface area (Å²) in [4.78, 5) is 41.0. The van der Waals surface area contributed by atoms with E-state index in [1.165, 1.54) is 61.6 Å². The average Bonchev–Trinajstić information content (AvgIpc) is 3.26. The van der Waals surface area contributed by atoms with Gasteiger partial charge < -0.3 is 14.5 Å². The number of hydrogen-bond donors (Lipinski definition) is 3. The van der Waals surface area contributed by atoms with Crippen molar-refractivity contribution < 1.29 is 18.7 Å². The molecule has 4 atom stereocenters. The van der Waals surface area contributed by atoms with E-state index < -0.39 is 37.4 Å². The molecule has 1 aliphatic rings. The first-order chi connectivity index (χ1) is 17.5. The molecule has 1 aromatic carbocycles. The lowest BCUT2D eigenvalue weighted by atomic mass is 10.1. The van der Waals surface area contributed by atoms with Crippen LogP contribution in [0.1, 0.15) is 39.0 Å². The lowest BCUT2D eigenvalue weighted by Crippen LogP contribution is -2.33. The monoisotopic (exact) mass is 557 g/mol. The first-order valence-corrected chi connectivity index (χ1v) is 13.7. The molecule has 2 heterocycles. The molecular weight excluding hydrogens is 525 g/mol. The highest BCUT2D eigenvalue weighted by Crippen LogP contribution is 2.43. The lowest BCUT2D eigenvalue weighted by Gasteiger charge is -2.19. The summed E-state index contributed by atoms with van der Waals surface area (Å²) in [5.41, 5.74) is 8.21. The van der Waals surface area contributed by atoms with Crippen LogP contribution in [0.5, 0.6) is 0 Å². The van der Waals surface area contributed by atoms with Crippen molar-refractivity contribution in [1.82, 2.24) is 14.5 Å². The van der Waals surface area contributed by atoms with Crippen LogP contribution in [0.2, 0.25) is 5.02 Å². The van der Waals surface area contributed by atoms with E-state index in [1.54, 1.807) is 0 Å². The minimum atomic E-state index is -4.27. The zero-order valence-corrected chi connectivity index (χ0v) is 22.9. The summed E-state index contributed by atoms with van der Waals surface area (Å²) in [6, 6.07) is 5.33. The standard InChI is InChI=1S/C16H18ClN6O6P.C6H15N/c1-9-7-23(16(25)19-15(9)24)14-6-12(20-22-18)13(29-14)8-28-30(26,27)21-11-4-2-10(17)3-5-11;1-4-7(5-2)6-3/h2-5,7,12-14H,6,8H2,1H3,(H,19,24,25)(H2,21,26,27);4-6H2,1-3H3/t12-,13+,14+;/m0./s1. The number of rotatable bonds is 10. The van der Waals surface area contributed by atoms with E-state index >= 15 is 0 Å². The fourth-order valence-corrected chi connectivity index (χ4v) is 4.60. The minimum absolute atomic E-state index is 0.115. The third-order valence-electron chi connectivity index (χ3n) is 5.73. The van der Waals surface area contributed by atoms with Crippen LogP contribution in [0, 0.1) is 6.92 Å². The Hall–Kier alpha value is -2.63. The normalized spacial score (nSPS) is 20.5. The maximum Gasteiger partial charge on any atom is 0.430 e. The Morgan fingerprint density at radius 2 is 1.92 bits per heavy atom. The van der Waals surface area contributed by atoms with Crippen LogP contribution in [0.25, 0.3) is 10.4 Å². The first kappa shape index (κ1) is 30.6. The summed E-state index contributed by atoms with van der Waals surface area (Å²) in [6.45, 7) is 11.3. The topological polar surface area (TPSA) is 175 Å². The second kappa shape index (κ2) is 14.3. The van der Waals surface area contributed by atoms with E-state index in [0.717, 1.165) is 0 Å². The molecule has 0 spiro atoms. The van der Waals surface area contributed by atoms with Gasteiger partial charge in [0, 0.05) is 33.8 Å². The predicted octanol–water partition coefficient (Wildman–Crippen LogP) is 4.04. The highest BCUT2D eigenvalue weighted by Gasteiger charge is 2.38. The molecule has 1 aromatic heterocycles. The lowest BCUT2D eigenvalue weighted by molar-refractivity contribution is -0.0237. The predicted molar refractivity (Wildman–Crippen MR) is 142 cm³/mol. The third kappa shape index (κ3) is 9.32. The molecule has 0 aliphatic carbocycles. The Morgan fingerprint density at radius 1 is 1.30 bits per heavy atom. The van der Waals surface area contributed by atoms with Crippen molar-refractivity contribution in [1.29, 1.82) is 0 Å². The van der Waals surface area contributed by atoms with Gasteiger partial charge in [-0.15, -0.1) is 0 Å². The SMILES string of the molecule is CCN(CC)CC.Cc1cn([C@H]2C[C@H](N=[N+]=[N-])[C@@H](COP(=O)(O)Nc3ccc(Cl)cc3)O2)c(=O)[nH]c1=O. The maximum atomic E-state index is 12.3. The summed E-state index contributed by atoms with van der Waals surface area (Å²) in [7, 11) is -4.27. The molecule has 0 radical (unpaired) electrons. The Balaban J connectivity index is 0.000000604. The Bertz CT molecular complexity index is 1220. The van der Waals surface area contributed by atoms with Crippen LogP contribution in [0.15, 0.2) is 45.2 Å². The van der Waals surface area contributed by atoms with E-state index in [1.807, 2.05) is 0 Å². The molecule has 13 nitrogen and oxygen atoms in total. The van der Waals surface area contributed by atoms with Crippen LogP contribution < -0.4 is 16.3 Å². The van der Waals surface area contributed by atoms with E-state index in [4.69, 9.17) is 26.4 Å². The number of aromatic nitrogens is 2. The molecule has 37 heavy (non-hydrogen) atoms. The van der Waals surface area contributed by atoms with Crippen molar-refractivity contribution in [2.45, 2.75) is 52.5 Å². The van der Waals surface area contributed by atoms with Crippen molar-refractivity contribution in [3.8, 4) is 0 Å². The van der Waals surface area contributed by atoms with Gasteiger partial charge in [0.05, 0.1) is 18.8 Å². The van der Waals surface area contributed by atoms with Gasteiger partial charge in [0.25, 0.3) is 5.56 Å². The number of anilines is 1. The average molecular weight is 558 g/mol. The fraction of sp³-hybridized carbons (Fsp3) is 0.545. The molecule has 1 fully saturated rings. The molecule has 1 saturated heterocycles. The highest BCUT2D eigenvalue weighted by atomic mass is 35.5. The number of azide groups is 1. The van der Waals surface area contributed by atoms with Crippen molar-refractivity contribution >= 4 is 25.0 Å². The molecule has 204 valence electrons. The number of H-pyrrole nitrogens is 1. The highest BCUT2D eigenvalue weighted by molar-refractivity contribution is 7.54. The van der Waals surface area contributed by atoms with E-state index in [9.17, 15) is 19.0 Å².